The van der Waals surface area contributed by atoms with E-state index in [-0.39, 0.29) is 5.91 Å². The third kappa shape index (κ3) is 2.74. The molecule has 1 aromatic carbocycles. The van der Waals surface area contributed by atoms with E-state index in [0.717, 1.165) is 5.56 Å². The summed E-state index contributed by atoms with van der Waals surface area (Å²) in [5.74, 6) is -0.895. The molecule has 3 nitrogen and oxygen atoms in total. The van der Waals surface area contributed by atoms with E-state index in [0.29, 0.717) is 17.1 Å². The topological polar surface area (TPSA) is 52.9 Å². The van der Waals surface area contributed by atoms with Crippen LogP contribution in [0.15, 0.2) is 18.2 Å². The lowest BCUT2D eigenvalue weighted by molar-refractivity contribution is -0.118. The summed E-state index contributed by atoms with van der Waals surface area (Å²) in [5, 5.41) is 12.1. The standard InChI is InChI=1S/C12H13ClN2O/c1-3-9(7-14)12(16)15-11-6-4-5-10(13)8(11)2/h4-6,9H,3H2,1-2H3,(H,15,16). The van der Waals surface area contributed by atoms with Gasteiger partial charge in [-0.2, -0.15) is 5.26 Å². The van der Waals surface area contributed by atoms with E-state index in [1.165, 1.54) is 0 Å². The molecule has 0 spiro atoms. The number of nitriles is 1. The monoisotopic (exact) mass is 236 g/mol. The third-order valence-electron chi connectivity index (χ3n) is 2.41. The van der Waals surface area contributed by atoms with Crippen LogP contribution in [0.2, 0.25) is 5.02 Å². The van der Waals surface area contributed by atoms with Gasteiger partial charge >= 0.3 is 0 Å². The molecule has 1 unspecified atom stereocenters. The van der Waals surface area contributed by atoms with Gasteiger partial charge in [0.05, 0.1) is 6.07 Å². The highest BCUT2D eigenvalue weighted by atomic mass is 35.5. The van der Waals surface area contributed by atoms with Gasteiger partial charge < -0.3 is 5.32 Å². The Morgan fingerprint density at radius 2 is 2.31 bits per heavy atom. The number of hydrogen-bond donors (Lipinski definition) is 1. The summed E-state index contributed by atoms with van der Waals surface area (Å²) in [6.07, 6.45) is 0.502. The first-order valence-corrected chi connectivity index (χ1v) is 5.43. The maximum atomic E-state index is 11.7. The van der Waals surface area contributed by atoms with Gasteiger partial charge in [0.25, 0.3) is 0 Å². The van der Waals surface area contributed by atoms with Crippen molar-refractivity contribution < 1.29 is 4.79 Å². The summed E-state index contributed by atoms with van der Waals surface area (Å²) in [5.41, 5.74) is 1.47. The molecule has 1 aromatic rings. The first kappa shape index (κ1) is 12.5. The normalized spacial score (nSPS) is 11.6. The second kappa shape index (κ2) is 5.53. The van der Waals surface area contributed by atoms with Crippen molar-refractivity contribution in [2.75, 3.05) is 5.32 Å². The molecule has 0 fully saturated rings. The smallest absolute Gasteiger partial charge is 0.241 e. The number of carbonyl (C=O) groups excluding carboxylic acids is 1. The molecular weight excluding hydrogens is 224 g/mol. The zero-order chi connectivity index (χ0) is 12.1. The number of amides is 1. The van der Waals surface area contributed by atoms with Crippen molar-refractivity contribution >= 4 is 23.2 Å². The lowest BCUT2D eigenvalue weighted by atomic mass is 10.1. The van der Waals surface area contributed by atoms with Crippen molar-refractivity contribution in [2.45, 2.75) is 20.3 Å². The Labute approximate surface area is 100 Å². The number of rotatable bonds is 3. The highest BCUT2D eigenvalue weighted by molar-refractivity contribution is 6.31. The Morgan fingerprint density at radius 3 is 2.88 bits per heavy atom. The van der Waals surface area contributed by atoms with Crippen LogP contribution in [0, 0.1) is 24.2 Å². The quantitative estimate of drug-likeness (QED) is 0.877. The van der Waals surface area contributed by atoms with Crippen molar-refractivity contribution in [1.82, 2.24) is 0 Å². The highest BCUT2D eigenvalue weighted by Crippen LogP contribution is 2.23. The van der Waals surface area contributed by atoms with Gasteiger partial charge in [0, 0.05) is 10.7 Å². The molecule has 1 amide bonds. The third-order valence-corrected chi connectivity index (χ3v) is 2.82. The van der Waals surface area contributed by atoms with Crippen LogP contribution in [0.5, 0.6) is 0 Å². The van der Waals surface area contributed by atoms with Gasteiger partial charge in [-0.3, -0.25) is 4.79 Å². The van der Waals surface area contributed by atoms with Crippen LogP contribution < -0.4 is 5.32 Å². The predicted molar refractivity (Wildman–Crippen MR) is 64.2 cm³/mol. The second-order valence-electron chi connectivity index (χ2n) is 3.49. The molecule has 84 valence electrons. The first-order valence-electron chi connectivity index (χ1n) is 5.05. The van der Waals surface area contributed by atoms with E-state index in [4.69, 9.17) is 16.9 Å². The minimum atomic E-state index is -0.613. The van der Waals surface area contributed by atoms with E-state index in [1.807, 2.05) is 13.0 Å². The highest BCUT2D eigenvalue weighted by Gasteiger charge is 2.16. The average molecular weight is 237 g/mol. The number of nitrogens with one attached hydrogen (secondary N) is 1. The first-order chi connectivity index (χ1) is 7.60. The van der Waals surface area contributed by atoms with Crippen LogP contribution >= 0.6 is 11.6 Å². The maximum absolute atomic E-state index is 11.7. The molecule has 16 heavy (non-hydrogen) atoms. The minimum absolute atomic E-state index is 0.282. The van der Waals surface area contributed by atoms with Crippen molar-refractivity contribution in [3.8, 4) is 6.07 Å². The van der Waals surface area contributed by atoms with Gasteiger partial charge in [0.1, 0.15) is 5.92 Å². The van der Waals surface area contributed by atoms with E-state index >= 15 is 0 Å². The molecule has 0 aliphatic carbocycles. The van der Waals surface area contributed by atoms with E-state index in [9.17, 15) is 4.79 Å². The summed E-state index contributed by atoms with van der Waals surface area (Å²) in [4.78, 5) is 11.7. The fraction of sp³-hybridized carbons (Fsp3) is 0.333. The van der Waals surface area contributed by atoms with Crippen LogP contribution in [-0.2, 0) is 4.79 Å². The zero-order valence-corrected chi connectivity index (χ0v) is 10.0. The van der Waals surface area contributed by atoms with E-state index < -0.39 is 5.92 Å². The van der Waals surface area contributed by atoms with Crippen LogP contribution in [-0.4, -0.2) is 5.91 Å². The van der Waals surface area contributed by atoms with Crippen LogP contribution in [0.4, 0.5) is 5.69 Å². The molecule has 0 aliphatic heterocycles. The summed E-state index contributed by atoms with van der Waals surface area (Å²) in [6, 6.07) is 7.25. The van der Waals surface area contributed by atoms with E-state index in [1.54, 1.807) is 25.1 Å². The lowest BCUT2D eigenvalue weighted by Crippen LogP contribution is -2.21. The summed E-state index contributed by atoms with van der Waals surface area (Å²) in [7, 11) is 0. The Hall–Kier alpha value is -1.53. The maximum Gasteiger partial charge on any atom is 0.241 e. The summed E-state index contributed by atoms with van der Waals surface area (Å²) >= 11 is 5.93. The average Bonchev–Trinajstić information content (AvgIpc) is 2.26. The van der Waals surface area contributed by atoms with Gasteiger partial charge in [-0.05, 0) is 31.0 Å². The fourth-order valence-corrected chi connectivity index (χ4v) is 1.47. The molecule has 0 heterocycles. The van der Waals surface area contributed by atoms with Crippen molar-refractivity contribution in [3.05, 3.63) is 28.8 Å². The molecule has 1 N–H and O–H groups in total. The molecular formula is C12H13ClN2O. The molecule has 0 saturated heterocycles. The van der Waals surface area contributed by atoms with Crippen molar-refractivity contribution in [1.29, 1.82) is 5.26 Å². The molecule has 0 bridgehead atoms. The largest absolute Gasteiger partial charge is 0.325 e. The molecule has 1 atom stereocenters. The van der Waals surface area contributed by atoms with Gasteiger partial charge in [-0.25, -0.2) is 0 Å². The number of halogens is 1. The number of anilines is 1. The fourth-order valence-electron chi connectivity index (χ4n) is 1.30. The van der Waals surface area contributed by atoms with Crippen LogP contribution in [0.25, 0.3) is 0 Å². The van der Waals surface area contributed by atoms with Crippen LogP contribution in [0.3, 0.4) is 0 Å². The van der Waals surface area contributed by atoms with E-state index in [2.05, 4.69) is 5.32 Å². The molecule has 0 aromatic heterocycles. The Bertz CT molecular complexity index is 437. The number of nitrogens with zero attached hydrogens (tertiary/aromatic N) is 1. The predicted octanol–water partition coefficient (Wildman–Crippen LogP) is 3.14. The summed E-state index contributed by atoms with van der Waals surface area (Å²) in [6.45, 7) is 3.63. The lowest BCUT2D eigenvalue weighted by Gasteiger charge is -2.11. The molecule has 0 saturated carbocycles. The summed E-state index contributed by atoms with van der Waals surface area (Å²) < 4.78 is 0. The molecule has 0 aliphatic rings. The van der Waals surface area contributed by atoms with Gasteiger partial charge in [-0.1, -0.05) is 24.6 Å². The number of carbonyl (C=O) groups is 1. The number of benzene rings is 1. The Balaban J connectivity index is 2.86. The molecule has 1 rings (SSSR count). The number of hydrogen-bond acceptors (Lipinski definition) is 2. The van der Waals surface area contributed by atoms with Gasteiger partial charge in [0.2, 0.25) is 5.91 Å². The SMILES string of the molecule is CCC(C#N)C(=O)Nc1cccc(Cl)c1C. The van der Waals surface area contributed by atoms with Crippen LogP contribution in [0.1, 0.15) is 18.9 Å². The van der Waals surface area contributed by atoms with Crippen molar-refractivity contribution in [2.24, 2.45) is 5.92 Å². The zero-order valence-electron chi connectivity index (χ0n) is 9.25. The second-order valence-corrected chi connectivity index (χ2v) is 3.90. The van der Waals surface area contributed by atoms with Crippen molar-refractivity contribution in [3.63, 3.8) is 0 Å². The molecule has 4 heteroatoms. The van der Waals surface area contributed by atoms with Gasteiger partial charge in [0.15, 0.2) is 0 Å². The van der Waals surface area contributed by atoms with Gasteiger partial charge in [-0.15, -0.1) is 0 Å². The Morgan fingerprint density at radius 1 is 1.62 bits per heavy atom. The molecule has 0 radical (unpaired) electrons. The minimum Gasteiger partial charge on any atom is -0.325 e. The Kier molecular flexibility index (Phi) is 4.33.